The molecule has 2 saturated heterocycles. The Morgan fingerprint density at radius 2 is 1.18 bits per heavy atom. The highest BCUT2D eigenvalue weighted by molar-refractivity contribution is 5.88. The zero-order valence-electron chi connectivity index (χ0n) is 22.1. The highest BCUT2D eigenvalue weighted by Gasteiger charge is 2.49. The van der Waals surface area contributed by atoms with E-state index in [9.17, 15) is 60.3 Å². The maximum absolute atomic E-state index is 13.3. The number of ether oxygens (including phenoxy) is 4. The second-order valence-corrected chi connectivity index (χ2v) is 10.0. The maximum atomic E-state index is 13.3. The zero-order chi connectivity index (χ0) is 32.0. The molecule has 17 heteroatoms. The molecule has 3 heterocycles. The molecule has 44 heavy (non-hydrogen) atoms. The normalized spacial score (nSPS) is 32.2. The second kappa shape index (κ2) is 12.0. The van der Waals surface area contributed by atoms with Crippen LogP contribution in [0.3, 0.4) is 0 Å². The Kier molecular flexibility index (Phi) is 8.47. The van der Waals surface area contributed by atoms with Gasteiger partial charge in [0.2, 0.25) is 18.0 Å². The minimum absolute atomic E-state index is 0.0149. The van der Waals surface area contributed by atoms with E-state index in [2.05, 4.69) is 0 Å². The lowest BCUT2D eigenvalue weighted by Crippen LogP contribution is -2.61. The van der Waals surface area contributed by atoms with Crippen molar-refractivity contribution in [2.75, 3.05) is 0 Å². The summed E-state index contributed by atoms with van der Waals surface area (Å²) in [7, 11) is 0. The van der Waals surface area contributed by atoms with E-state index in [4.69, 9.17) is 23.4 Å². The summed E-state index contributed by atoms with van der Waals surface area (Å²) in [6.07, 6.45) is -17.4. The SMILES string of the molecule is O=C(O)C1OC(Oc2ccc(-c3coc4cc(OC5OC(C(=O)O)C(O)C(O)C5O)cc(O)c4c3=O)cc2)C(O)C(O)C1O. The highest BCUT2D eigenvalue weighted by Crippen LogP contribution is 2.33. The van der Waals surface area contributed by atoms with Gasteiger partial charge in [-0.15, -0.1) is 0 Å². The number of aliphatic carboxylic acids is 2. The number of benzene rings is 2. The lowest BCUT2D eigenvalue weighted by molar-refractivity contribution is -0.271. The van der Waals surface area contributed by atoms with Crippen LogP contribution in [0.15, 0.2) is 51.9 Å². The van der Waals surface area contributed by atoms with E-state index >= 15 is 0 Å². The van der Waals surface area contributed by atoms with Crippen molar-refractivity contribution in [3.63, 3.8) is 0 Å². The lowest BCUT2D eigenvalue weighted by atomic mass is 9.99. The first kappa shape index (κ1) is 31.1. The molecule has 10 unspecified atom stereocenters. The molecule has 2 aliphatic heterocycles. The van der Waals surface area contributed by atoms with Crippen molar-refractivity contribution in [3.8, 4) is 28.4 Å². The number of rotatable bonds is 7. The smallest absolute Gasteiger partial charge is 0.335 e. The molecule has 2 aliphatic rings. The van der Waals surface area contributed by atoms with E-state index < -0.39 is 84.5 Å². The van der Waals surface area contributed by atoms with Crippen molar-refractivity contribution in [2.45, 2.75) is 61.4 Å². The van der Waals surface area contributed by atoms with Crippen LogP contribution in [0.4, 0.5) is 0 Å². The Bertz CT molecular complexity index is 1600. The van der Waals surface area contributed by atoms with Crippen LogP contribution in [-0.2, 0) is 19.1 Å². The first-order chi connectivity index (χ1) is 20.8. The molecule has 236 valence electrons. The summed E-state index contributed by atoms with van der Waals surface area (Å²) in [5.74, 6) is -4.02. The maximum Gasteiger partial charge on any atom is 0.335 e. The van der Waals surface area contributed by atoms with Crippen LogP contribution in [0.2, 0.25) is 0 Å². The molecule has 2 aromatic carbocycles. The minimum Gasteiger partial charge on any atom is -0.507 e. The molecule has 0 spiro atoms. The van der Waals surface area contributed by atoms with Gasteiger partial charge in [-0.3, -0.25) is 4.79 Å². The van der Waals surface area contributed by atoms with Crippen molar-refractivity contribution in [1.29, 1.82) is 0 Å². The van der Waals surface area contributed by atoms with Crippen LogP contribution in [-0.4, -0.2) is 119 Å². The van der Waals surface area contributed by atoms with Crippen molar-refractivity contribution >= 4 is 22.9 Å². The van der Waals surface area contributed by atoms with Crippen molar-refractivity contribution in [1.82, 2.24) is 0 Å². The Hall–Kier alpha value is -4.33. The monoisotopic (exact) mass is 622 g/mol. The van der Waals surface area contributed by atoms with Gasteiger partial charge in [0.1, 0.15) is 71.1 Å². The van der Waals surface area contributed by atoms with Gasteiger partial charge in [0.15, 0.2) is 12.2 Å². The van der Waals surface area contributed by atoms with Crippen LogP contribution in [0.5, 0.6) is 17.2 Å². The van der Waals surface area contributed by atoms with Gasteiger partial charge in [0, 0.05) is 12.1 Å². The Labute approximate surface area is 244 Å². The summed E-state index contributed by atoms with van der Waals surface area (Å²) in [6, 6.07) is 7.59. The van der Waals surface area contributed by atoms with E-state index in [-0.39, 0.29) is 33.6 Å². The fraction of sp³-hybridized carbons (Fsp3) is 0.370. The van der Waals surface area contributed by atoms with Crippen LogP contribution < -0.4 is 14.9 Å². The van der Waals surface area contributed by atoms with Crippen molar-refractivity contribution in [2.24, 2.45) is 0 Å². The van der Waals surface area contributed by atoms with Gasteiger partial charge in [-0.25, -0.2) is 9.59 Å². The topological polar surface area (TPSA) is 283 Å². The van der Waals surface area contributed by atoms with Gasteiger partial charge in [-0.2, -0.15) is 0 Å². The third kappa shape index (κ3) is 5.65. The molecular formula is C27H26O17. The van der Waals surface area contributed by atoms with E-state index in [0.29, 0.717) is 0 Å². The quantitative estimate of drug-likeness (QED) is 0.134. The molecule has 0 radical (unpaired) electrons. The zero-order valence-corrected chi connectivity index (χ0v) is 22.1. The number of aromatic hydroxyl groups is 1. The third-order valence-corrected chi connectivity index (χ3v) is 7.13. The Morgan fingerprint density at radius 1 is 0.682 bits per heavy atom. The van der Waals surface area contributed by atoms with E-state index in [1.807, 2.05) is 0 Å². The first-order valence-electron chi connectivity index (χ1n) is 12.9. The Morgan fingerprint density at radius 3 is 1.68 bits per heavy atom. The number of aliphatic hydroxyl groups excluding tert-OH is 6. The van der Waals surface area contributed by atoms with Crippen molar-refractivity contribution in [3.05, 3.63) is 52.9 Å². The number of carboxylic acids is 2. The lowest BCUT2D eigenvalue weighted by Gasteiger charge is -2.38. The molecule has 9 N–H and O–H groups in total. The summed E-state index contributed by atoms with van der Waals surface area (Å²) in [5.41, 5.74) is -0.594. The number of aliphatic hydroxyl groups is 6. The van der Waals surface area contributed by atoms with Gasteiger partial charge in [0.05, 0.1) is 5.56 Å². The third-order valence-electron chi connectivity index (χ3n) is 7.13. The number of hydrogen-bond acceptors (Lipinski definition) is 15. The van der Waals surface area contributed by atoms with E-state index in [1.54, 1.807) is 0 Å². The number of hydrogen-bond donors (Lipinski definition) is 9. The standard InChI is InChI=1S/C27H26O17/c28-12-5-10(42-27-21(35)17(31)19(33)23(44-27)25(38)39)6-13-14(12)15(29)11(7-40-13)8-1-3-9(4-2-8)41-26-20(34)16(30)18(32)22(43-26)24(36)37/h1-7,16-23,26-28,30-35H,(H,36,37)(H,38,39). The summed E-state index contributed by atoms with van der Waals surface area (Å²) < 4.78 is 26.5. The molecular weight excluding hydrogens is 596 g/mol. The Balaban J connectivity index is 1.35. The summed E-state index contributed by atoms with van der Waals surface area (Å²) in [5, 5.41) is 88.6. The average molecular weight is 622 g/mol. The molecule has 0 amide bonds. The number of phenols is 1. The molecule has 1 aromatic heterocycles. The van der Waals surface area contributed by atoms with E-state index in [1.165, 1.54) is 24.3 Å². The van der Waals surface area contributed by atoms with Gasteiger partial charge >= 0.3 is 11.9 Å². The first-order valence-corrected chi connectivity index (χ1v) is 12.9. The highest BCUT2D eigenvalue weighted by atomic mass is 16.7. The predicted molar refractivity (Wildman–Crippen MR) is 139 cm³/mol. The molecule has 0 bridgehead atoms. The molecule has 10 atom stereocenters. The van der Waals surface area contributed by atoms with Crippen LogP contribution >= 0.6 is 0 Å². The molecule has 3 aromatic rings. The number of carboxylic acid groups (broad SMARTS) is 2. The number of phenolic OH excluding ortho intramolecular Hbond substituents is 1. The van der Waals surface area contributed by atoms with Gasteiger partial charge < -0.3 is 69.3 Å². The molecule has 5 rings (SSSR count). The fourth-order valence-electron chi connectivity index (χ4n) is 4.76. The fourth-order valence-corrected chi connectivity index (χ4v) is 4.76. The number of carbonyl (C=O) groups is 2. The van der Waals surface area contributed by atoms with E-state index in [0.717, 1.165) is 18.4 Å². The molecule has 0 aliphatic carbocycles. The summed E-state index contributed by atoms with van der Waals surface area (Å²) >= 11 is 0. The van der Waals surface area contributed by atoms with Gasteiger partial charge in [0.25, 0.3) is 0 Å². The van der Waals surface area contributed by atoms with Crippen LogP contribution in [0.1, 0.15) is 0 Å². The van der Waals surface area contributed by atoms with Crippen LogP contribution in [0.25, 0.3) is 22.1 Å². The van der Waals surface area contributed by atoms with Gasteiger partial charge in [-0.05, 0) is 17.7 Å². The van der Waals surface area contributed by atoms with Crippen LogP contribution in [0, 0.1) is 0 Å². The molecule has 17 nitrogen and oxygen atoms in total. The predicted octanol–water partition coefficient (Wildman–Crippen LogP) is -2.29. The molecule has 0 saturated carbocycles. The summed E-state index contributed by atoms with van der Waals surface area (Å²) in [6.45, 7) is 0. The average Bonchev–Trinajstić information content (AvgIpc) is 2.97. The second-order valence-electron chi connectivity index (χ2n) is 10.0. The minimum atomic E-state index is -1.94. The van der Waals surface area contributed by atoms with Crippen molar-refractivity contribution < 1.29 is 78.9 Å². The molecule has 2 fully saturated rings. The largest absolute Gasteiger partial charge is 0.507 e. The number of fused-ring (bicyclic) bond motifs is 1. The summed E-state index contributed by atoms with van der Waals surface area (Å²) in [4.78, 5) is 35.9. The van der Waals surface area contributed by atoms with Gasteiger partial charge in [-0.1, -0.05) is 12.1 Å².